The molecule has 190 valence electrons. The quantitative estimate of drug-likeness (QED) is 0.291. The van der Waals surface area contributed by atoms with E-state index in [1.54, 1.807) is 26.8 Å². The van der Waals surface area contributed by atoms with E-state index in [9.17, 15) is 28.0 Å². The first-order valence-electron chi connectivity index (χ1n) is 10.5. The Morgan fingerprint density at radius 1 is 1.20 bits per heavy atom. The third kappa shape index (κ3) is 6.03. The molecule has 0 atom stereocenters. The molecule has 0 saturated heterocycles. The van der Waals surface area contributed by atoms with Crippen LogP contribution in [-0.2, 0) is 32.9 Å². The van der Waals surface area contributed by atoms with Crippen molar-refractivity contribution >= 4 is 35.0 Å². The summed E-state index contributed by atoms with van der Waals surface area (Å²) in [4.78, 5) is 24.8. The second-order valence-corrected chi connectivity index (χ2v) is 8.94. The van der Waals surface area contributed by atoms with Crippen LogP contribution in [0.3, 0.4) is 0 Å². The van der Waals surface area contributed by atoms with Crippen LogP contribution in [0.1, 0.15) is 74.3 Å². The van der Waals surface area contributed by atoms with Gasteiger partial charge in [0, 0.05) is 25.1 Å². The van der Waals surface area contributed by atoms with Gasteiger partial charge in [0.15, 0.2) is 17.2 Å². The lowest BCUT2D eigenvalue weighted by Crippen LogP contribution is -2.17. The minimum Gasteiger partial charge on any atom is -0.465 e. The minimum absolute atomic E-state index is 0.0160. The van der Waals surface area contributed by atoms with Gasteiger partial charge in [-0.05, 0) is 6.42 Å². The van der Waals surface area contributed by atoms with E-state index < -0.39 is 51.4 Å². The number of alkyl halides is 3. The number of aryl methyl sites for hydroxylation is 1. The van der Waals surface area contributed by atoms with Crippen LogP contribution in [0.4, 0.5) is 13.2 Å². The maximum Gasteiger partial charge on any atom is 0.435 e. The molecule has 35 heavy (non-hydrogen) atoms. The first kappa shape index (κ1) is 27.9. The molecule has 2 aromatic rings. The van der Waals surface area contributed by atoms with Crippen molar-refractivity contribution in [2.24, 2.45) is 7.05 Å². The fourth-order valence-corrected chi connectivity index (χ4v) is 3.33. The van der Waals surface area contributed by atoms with Crippen LogP contribution in [0.5, 0.6) is 0 Å². The lowest BCUT2D eigenvalue weighted by atomic mass is 9.90. The zero-order chi connectivity index (χ0) is 26.7. The number of carbonyl (C=O) groups excluding carboxylic acids is 2. The third-order valence-electron chi connectivity index (χ3n) is 4.80. The molecular weight excluding hydrogens is 491 g/mol. The van der Waals surface area contributed by atoms with Crippen LogP contribution in [0.2, 0.25) is 5.15 Å². The van der Waals surface area contributed by atoms with Crippen LogP contribution >= 0.6 is 11.6 Å². The molecule has 0 aliphatic rings. The molecule has 0 N–H and O–H groups in total. The summed E-state index contributed by atoms with van der Waals surface area (Å²) in [6.45, 7) is 7.05. The second-order valence-electron chi connectivity index (χ2n) is 8.58. The number of rotatable bonds is 7. The van der Waals surface area contributed by atoms with Crippen LogP contribution in [0, 0.1) is 11.3 Å². The smallest absolute Gasteiger partial charge is 0.435 e. The summed E-state index contributed by atoms with van der Waals surface area (Å²) in [7, 11) is 2.32. The Bertz CT molecular complexity index is 1200. The summed E-state index contributed by atoms with van der Waals surface area (Å²) in [5, 5.41) is 17.1. The maximum absolute atomic E-state index is 13.8. The van der Waals surface area contributed by atoms with E-state index in [0.717, 1.165) is 22.7 Å². The zero-order valence-corrected chi connectivity index (χ0v) is 20.8. The number of esters is 2. The van der Waals surface area contributed by atoms with Gasteiger partial charge >= 0.3 is 18.1 Å². The number of nitrogens with zero attached hydrogens (tertiary/aromatic N) is 5. The first-order chi connectivity index (χ1) is 16.2. The normalized spacial score (nSPS) is 12.7. The number of halogens is 4. The molecule has 0 aliphatic heterocycles. The van der Waals surface area contributed by atoms with Gasteiger partial charge in [-0.1, -0.05) is 45.7 Å². The third-order valence-corrected chi connectivity index (χ3v) is 5.24. The summed E-state index contributed by atoms with van der Waals surface area (Å²) in [6, 6.07) is 1.73. The van der Waals surface area contributed by atoms with Gasteiger partial charge in [0.25, 0.3) is 0 Å². The maximum atomic E-state index is 13.8. The number of hydrogen-bond donors (Lipinski definition) is 0. The largest absolute Gasteiger partial charge is 0.465 e. The monoisotopic (exact) mass is 515 g/mol. The number of hydrogen-bond acceptors (Lipinski definition) is 7. The molecule has 9 nitrogen and oxygen atoms in total. The number of ether oxygens (including phenoxy) is 2. The van der Waals surface area contributed by atoms with E-state index in [2.05, 4.69) is 10.2 Å². The molecule has 2 rings (SSSR count). The average molecular weight is 516 g/mol. The number of methoxy groups -OCH3 is 1. The van der Waals surface area contributed by atoms with Crippen molar-refractivity contribution in [2.45, 2.75) is 58.5 Å². The van der Waals surface area contributed by atoms with E-state index in [4.69, 9.17) is 21.1 Å². The molecule has 0 amide bonds. The Balaban J connectivity index is 2.93. The molecule has 2 aromatic heterocycles. The molecule has 0 aliphatic carbocycles. The van der Waals surface area contributed by atoms with Crippen molar-refractivity contribution in [3.8, 4) is 6.07 Å². The second kappa shape index (κ2) is 10.5. The van der Waals surface area contributed by atoms with E-state index in [1.165, 1.54) is 7.05 Å². The number of nitriles is 1. The Kier molecular flexibility index (Phi) is 8.39. The molecular formula is C22H25ClF3N5O4. The number of carbonyl (C=O) groups is 2. The van der Waals surface area contributed by atoms with Crippen LogP contribution < -0.4 is 0 Å². The van der Waals surface area contributed by atoms with Crippen LogP contribution in [-0.4, -0.2) is 38.6 Å². The van der Waals surface area contributed by atoms with Crippen molar-refractivity contribution in [3.63, 3.8) is 0 Å². The predicted molar refractivity (Wildman–Crippen MR) is 120 cm³/mol. The van der Waals surface area contributed by atoms with E-state index in [0.29, 0.717) is 12.8 Å². The first-order valence-corrected chi connectivity index (χ1v) is 10.9. The lowest BCUT2D eigenvalue weighted by molar-refractivity contribution is -0.143. The highest BCUT2D eigenvalue weighted by Gasteiger charge is 2.42. The van der Waals surface area contributed by atoms with Crippen molar-refractivity contribution < 1.29 is 32.2 Å². The number of allylic oxidation sites excluding steroid dienone is 1. The Labute approximate surface area is 205 Å². The van der Waals surface area contributed by atoms with Crippen molar-refractivity contribution in [1.29, 1.82) is 5.26 Å². The SMILES string of the molecule is CCCCC(=O)O/C(=C(/C#N)n1cc(C(=O)OC)c(C(C)(C)C)n1)c1c(C(F)(F)F)nn(C)c1Cl. The summed E-state index contributed by atoms with van der Waals surface area (Å²) >= 11 is 6.13. The molecule has 0 fully saturated rings. The standard InChI is InChI=1S/C22H25ClF3N5O4/c1-7-8-9-14(32)35-16(15-18(22(24,25)26)28-30(5)19(15)23)13(10-27)31-11-12(20(33)34-6)17(29-31)21(2,3)4/h11H,7-9H2,1-6H3/b16-13-. The highest BCUT2D eigenvalue weighted by molar-refractivity contribution is 6.31. The highest BCUT2D eigenvalue weighted by atomic mass is 35.5. The Hall–Kier alpha value is -3.33. The number of aromatic nitrogens is 4. The van der Waals surface area contributed by atoms with Gasteiger partial charge in [-0.25, -0.2) is 9.48 Å². The van der Waals surface area contributed by atoms with Crippen molar-refractivity contribution in [2.75, 3.05) is 7.11 Å². The average Bonchev–Trinajstić information content (AvgIpc) is 3.33. The number of unbranched alkanes of at least 4 members (excludes halogenated alkanes) is 1. The van der Waals surface area contributed by atoms with Gasteiger partial charge in [-0.3, -0.25) is 9.48 Å². The summed E-state index contributed by atoms with van der Waals surface area (Å²) < 4.78 is 53.2. The van der Waals surface area contributed by atoms with Crippen molar-refractivity contribution in [1.82, 2.24) is 19.6 Å². The van der Waals surface area contributed by atoms with Crippen molar-refractivity contribution in [3.05, 3.63) is 33.9 Å². The fourth-order valence-electron chi connectivity index (χ4n) is 3.11. The summed E-state index contributed by atoms with van der Waals surface area (Å²) in [5.41, 5.74) is -3.37. The van der Waals surface area contributed by atoms with Gasteiger partial charge in [0.1, 0.15) is 16.8 Å². The summed E-state index contributed by atoms with van der Waals surface area (Å²) in [6.07, 6.45) is -2.94. The van der Waals surface area contributed by atoms with E-state index >= 15 is 0 Å². The molecule has 0 bridgehead atoms. The topological polar surface area (TPSA) is 112 Å². The Morgan fingerprint density at radius 2 is 1.83 bits per heavy atom. The van der Waals surface area contributed by atoms with Crippen LogP contribution in [0.15, 0.2) is 6.20 Å². The van der Waals surface area contributed by atoms with Gasteiger partial charge in [0.05, 0.1) is 18.4 Å². The highest BCUT2D eigenvalue weighted by Crippen LogP contribution is 2.40. The molecule has 0 radical (unpaired) electrons. The molecule has 0 unspecified atom stereocenters. The predicted octanol–water partition coefficient (Wildman–Crippen LogP) is 4.96. The summed E-state index contributed by atoms with van der Waals surface area (Å²) in [5.74, 6) is -2.42. The van der Waals surface area contributed by atoms with Gasteiger partial charge < -0.3 is 9.47 Å². The lowest BCUT2D eigenvalue weighted by Gasteiger charge is -2.16. The van der Waals surface area contributed by atoms with E-state index in [-0.39, 0.29) is 17.7 Å². The molecule has 0 spiro atoms. The van der Waals surface area contributed by atoms with Gasteiger partial charge in [-0.15, -0.1) is 0 Å². The van der Waals surface area contributed by atoms with Gasteiger partial charge in [-0.2, -0.15) is 28.6 Å². The minimum atomic E-state index is -4.99. The Morgan fingerprint density at radius 3 is 2.31 bits per heavy atom. The van der Waals surface area contributed by atoms with E-state index in [1.807, 2.05) is 6.92 Å². The molecule has 13 heteroatoms. The molecule has 0 saturated carbocycles. The molecule has 2 heterocycles. The fraction of sp³-hybridized carbons (Fsp3) is 0.500. The molecule has 0 aromatic carbocycles. The van der Waals surface area contributed by atoms with Gasteiger partial charge in [0.2, 0.25) is 0 Å². The zero-order valence-electron chi connectivity index (χ0n) is 20.1. The van der Waals surface area contributed by atoms with Crippen LogP contribution in [0.25, 0.3) is 11.5 Å².